The molecule has 108 valence electrons. The second kappa shape index (κ2) is 7.61. The van der Waals surface area contributed by atoms with Crippen molar-refractivity contribution in [3.05, 3.63) is 24.3 Å². The van der Waals surface area contributed by atoms with Crippen LogP contribution in [0.1, 0.15) is 19.8 Å². The van der Waals surface area contributed by atoms with Crippen LogP contribution in [0, 0.1) is 0 Å². The van der Waals surface area contributed by atoms with Crippen molar-refractivity contribution in [2.24, 2.45) is 0 Å². The Morgan fingerprint density at radius 2 is 2.30 bits per heavy atom. The number of aliphatic hydroxyl groups excluding tert-OH is 1. The first-order valence-electron chi connectivity index (χ1n) is 6.57. The van der Waals surface area contributed by atoms with Gasteiger partial charge in [-0.25, -0.2) is 4.98 Å². The van der Waals surface area contributed by atoms with Gasteiger partial charge in [-0.15, -0.1) is 11.3 Å². The van der Waals surface area contributed by atoms with Gasteiger partial charge in [-0.3, -0.25) is 4.79 Å². The van der Waals surface area contributed by atoms with Crippen molar-refractivity contribution in [3.63, 3.8) is 0 Å². The number of benzene rings is 1. The third kappa shape index (κ3) is 4.47. The molecule has 1 amide bonds. The Hall–Kier alpha value is -1.11. The van der Waals surface area contributed by atoms with Gasteiger partial charge in [0, 0.05) is 12.6 Å². The molecule has 4 nitrogen and oxygen atoms in total. The van der Waals surface area contributed by atoms with Crippen molar-refractivity contribution in [2.45, 2.75) is 30.1 Å². The summed E-state index contributed by atoms with van der Waals surface area (Å²) >= 11 is 3.08. The number of thiazole rings is 1. The molecule has 2 rings (SSSR count). The molecule has 0 saturated heterocycles. The van der Waals surface area contributed by atoms with Gasteiger partial charge in [0.1, 0.15) is 0 Å². The maximum absolute atomic E-state index is 11.8. The molecule has 1 aromatic carbocycles. The van der Waals surface area contributed by atoms with Crippen LogP contribution in [0.5, 0.6) is 0 Å². The van der Waals surface area contributed by atoms with Crippen molar-refractivity contribution < 1.29 is 9.90 Å². The summed E-state index contributed by atoms with van der Waals surface area (Å²) < 4.78 is 2.07. The number of nitrogens with zero attached hydrogens (tertiary/aromatic N) is 1. The number of para-hydroxylation sites is 1. The second-order valence-corrected chi connectivity index (χ2v) is 6.82. The molecule has 0 aliphatic rings. The van der Waals surface area contributed by atoms with Gasteiger partial charge in [0.15, 0.2) is 4.34 Å². The SMILES string of the molecule is CC(CCCO)NC(=O)CSc1nc2ccccc2s1. The zero-order valence-electron chi connectivity index (χ0n) is 11.3. The van der Waals surface area contributed by atoms with Crippen LogP contribution in [-0.2, 0) is 4.79 Å². The molecular weight excluding hydrogens is 292 g/mol. The number of fused-ring (bicyclic) bond motifs is 1. The molecule has 1 atom stereocenters. The number of hydrogen-bond acceptors (Lipinski definition) is 5. The molecule has 0 fully saturated rings. The fourth-order valence-corrected chi connectivity index (χ4v) is 3.71. The Balaban J connectivity index is 1.81. The maximum atomic E-state index is 11.8. The molecule has 0 radical (unpaired) electrons. The van der Waals surface area contributed by atoms with E-state index in [0.717, 1.165) is 21.0 Å². The number of aliphatic hydroxyl groups is 1. The predicted molar refractivity (Wildman–Crippen MR) is 84.3 cm³/mol. The highest BCUT2D eigenvalue weighted by molar-refractivity contribution is 8.01. The van der Waals surface area contributed by atoms with Gasteiger partial charge < -0.3 is 10.4 Å². The molecule has 0 aliphatic heterocycles. The summed E-state index contributed by atoms with van der Waals surface area (Å²) in [5, 5.41) is 11.7. The number of hydrogen-bond donors (Lipinski definition) is 2. The lowest BCUT2D eigenvalue weighted by Crippen LogP contribution is -2.33. The summed E-state index contributed by atoms with van der Waals surface area (Å²) in [4.78, 5) is 16.3. The highest BCUT2D eigenvalue weighted by Crippen LogP contribution is 2.28. The maximum Gasteiger partial charge on any atom is 0.230 e. The van der Waals surface area contributed by atoms with Crippen LogP contribution in [0.15, 0.2) is 28.6 Å². The molecule has 0 bridgehead atoms. The van der Waals surface area contributed by atoms with Gasteiger partial charge in [-0.05, 0) is 31.9 Å². The van der Waals surface area contributed by atoms with Gasteiger partial charge >= 0.3 is 0 Å². The number of thioether (sulfide) groups is 1. The first-order chi connectivity index (χ1) is 9.69. The van der Waals surface area contributed by atoms with Crippen molar-refractivity contribution in [3.8, 4) is 0 Å². The third-order valence-corrected chi connectivity index (χ3v) is 4.98. The zero-order valence-corrected chi connectivity index (χ0v) is 13.0. The molecule has 1 aromatic heterocycles. The van der Waals surface area contributed by atoms with Crippen LogP contribution in [0.25, 0.3) is 10.2 Å². The number of nitrogens with one attached hydrogen (secondary N) is 1. The minimum atomic E-state index is 0.0136. The fraction of sp³-hybridized carbons (Fsp3) is 0.429. The molecule has 0 saturated carbocycles. The van der Waals surface area contributed by atoms with Gasteiger partial charge in [-0.1, -0.05) is 23.9 Å². The van der Waals surface area contributed by atoms with Gasteiger partial charge in [0.05, 0.1) is 16.0 Å². The van der Waals surface area contributed by atoms with Crippen molar-refractivity contribution in [1.29, 1.82) is 0 Å². The Bertz CT molecular complexity index is 538. The minimum Gasteiger partial charge on any atom is -0.396 e. The van der Waals surface area contributed by atoms with E-state index >= 15 is 0 Å². The summed E-state index contributed by atoms with van der Waals surface area (Å²) in [6.07, 6.45) is 1.51. The number of carbonyl (C=O) groups excluding carboxylic acids is 1. The molecule has 1 unspecified atom stereocenters. The predicted octanol–water partition coefficient (Wildman–Crippen LogP) is 2.67. The lowest BCUT2D eigenvalue weighted by molar-refractivity contribution is -0.119. The first kappa shape index (κ1) is 15.3. The summed E-state index contributed by atoms with van der Waals surface area (Å²) in [5.74, 6) is 0.392. The van der Waals surface area contributed by atoms with Crippen molar-refractivity contribution in [1.82, 2.24) is 10.3 Å². The van der Waals surface area contributed by atoms with E-state index in [9.17, 15) is 4.79 Å². The van der Waals surface area contributed by atoms with Crippen LogP contribution in [0.3, 0.4) is 0 Å². The Kier molecular flexibility index (Phi) is 5.82. The van der Waals surface area contributed by atoms with E-state index in [1.165, 1.54) is 11.8 Å². The minimum absolute atomic E-state index is 0.0136. The van der Waals surface area contributed by atoms with E-state index in [1.807, 2.05) is 31.2 Å². The summed E-state index contributed by atoms with van der Waals surface area (Å²) in [6, 6.07) is 8.07. The molecule has 0 spiro atoms. The quantitative estimate of drug-likeness (QED) is 0.772. The second-order valence-electron chi connectivity index (χ2n) is 4.57. The van der Waals surface area contributed by atoms with Crippen LogP contribution in [0.4, 0.5) is 0 Å². The lowest BCUT2D eigenvalue weighted by atomic mass is 10.2. The van der Waals surface area contributed by atoms with Crippen LogP contribution in [0.2, 0.25) is 0 Å². The normalized spacial score (nSPS) is 12.5. The average molecular weight is 310 g/mol. The van der Waals surface area contributed by atoms with E-state index in [2.05, 4.69) is 10.3 Å². The van der Waals surface area contributed by atoms with E-state index in [1.54, 1.807) is 11.3 Å². The number of carbonyl (C=O) groups is 1. The molecular formula is C14H18N2O2S2. The molecule has 2 N–H and O–H groups in total. The fourth-order valence-electron chi connectivity index (χ4n) is 1.83. The average Bonchev–Trinajstić information content (AvgIpc) is 2.85. The highest BCUT2D eigenvalue weighted by atomic mass is 32.2. The van der Waals surface area contributed by atoms with Gasteiger partial charge in [0.25, 0.3) is 0 Å². The molecule has 0 aliphatic carbocycles. The van der Waals surface area contributed by atoms with Crippen molar-refractivity contribution in [2.75, 3.05) is 12.4 Å². The van der Waals surface area contributed by atoms with Crippen LogP contribution >= 0.6 is 23.1 Å². The van der Waals surface area contributed by atoms with E-state index in [-0.39, 0.29) is 18.6 Å². The van der Waals surface area contributed by atoms with Gasteiger partial charge in [0.2, 0.25) is 5.91 Å². The van der Waals surface area contributed by atoms with Gasteiger partial charge in [-0.2, -0.15) is 0 Å². The number of aromatic nitrogens is 1. The Labute approximate surface area is 126 Å². The van der Waals surface area contributed by atoms with E-state index < -0.39 is 0 Å². The lowest BCUT2D eigenvalue weighted by Gasteiger charge is -2.12. The summed E-state index contributed by atoms with van der Waals surface area (Å²) in [5.41, 5.74) is 0.983. The third-order valence-electron chi connectivity index (χ3n) is 2.80. The Morgan fingerprint density at radius 1 is 1.50 bits per heavy atom. The largest absolute Gasteiger partial charge is 0.396 e. The Morgan fingerprint density at radius 3 is 3.05 bits per heavy atom. The standard InChI is InChI=1S/C14H18N2O2S2/c1-10(5-4-8-17)15-13(18)9-19-14-16-11-6-2-3-7-12(11)20-14/h2-3,6-7,10,17H,4-5,8-9H2,1H3,(H,15,18). The highest BCUT2D eigenvalue weighted by Gasteiger charge is 2.10. The van der Waals surface area contributed by atoms with Crippen molar-refractivity contribution >= 4 is 39.2 Å². The summed E-state index contributed by atoms with van der Waals surface area (Å²) in [6.45, 7) is 2.12. The molecule has 6 heteroatoms. The first-order valence-corrected chi connectivity index (χ1v) is 8.38. The smallest absolute Gasteiger partial charge is 0.230 e. The molecule has 2 aromatic rings. The zero-order chi connectivity index (χ0) is 14.4. The van der Waals surface area contributed by atoms with Crippen LogP contribution < -0.4 is 5.32 Å². The van der Waals surface area contributed by atoms with E-state index in [0.29, 0.717) is 12.2 Å². The number of amides is 1. The van der Waals surface area contributed by atoms with E-state index in [4.69, 9.17) is 5.11 Å². The van der Waals surface area contributed by atoms with Crippen LogP contribution in [-0.4, -0.2) is 34.4 Å². The molecule has 20 heavy (non-hydrogen) atoms. The number of rotatable bonds is 7. The molecule has 1 heterocycles. The topological polar surface area (TPSA) is 62.2 Å². The monoisotopic (exact) mass is 310 g/mol. The summed E-state index contributed by atoms with van der Waals surface area (Å²) in [7, 11) is 0.